The van der Waals surface area contributed by atoms with E-state index in [1.807, 2.05) is 7.11 Å². The molecule has 3 heteroatoms. The van der Waals surface area contributed by atoms with Gasteiger partial charge in [0.05, 0.1) is 7.11 Å². The maximum atomic E-state index is 5.84. The first-order chi connectivity index (χ1) is 10.5. The van der Waals surface area contributed by atoms with Crippen molar-refractivity contribution >= 4 is 0 Å². The number of piperazine rings is 1. The monoisotopic (exact) mass is 304 g/mol. The Morgan fingerprint density at radius 1 is 1.05 bits per heavy atom. The summed E-state index contributed by atoms with van der Waals surface area (Å²) in [7, 11) is 1.82. The molecular weight excluding hydrogens is 272 g/mol. The van der Waals surface area contributed by atoms with Crippen LogP contribution >= 0.6 is 0 Å². The topological polar surface area (TPSA) is 24.5 Å². The van der Waals surface area contributed by atoms with Crippen LogP contribution in [0.3, 0.4) is 0 Å². The van der Waals surface area contributed by atoms with Crippen molar-refractivity contribution in [1.29, 1.82) is 0 Å². The second-order valence-electron chi connectivity index (χ2n) is 6.91. The quantitative estimate of drug-likeness (QED) is 0.872. The van der Waals surface area contributed by atoms with Gasteiger partial charge >= 0.3 is 0 Å². The van der Waals surface area contributed by atoms with E-state index in [1.165, 1.54) is 16.7 Å². The van der Waals surface area contributed by atoms with Gasteiger partial charge in [0.25, 0.3) is 0 Å². The van der Waals surface area contributed by atoms with Crippen molar-refractivity contribution in [3.8, 4) is 5.75 Å². The molecule has 0 spiro atoms. The van der Waals surface area contributed by atoms with Crippen molar-refractivity contribution in [2.75, 3.05) is 39.8 Å². The third kappa shape index (κ3) is 4.02. The van der Waals surface area contributed by atoms with Gasteiger partial charge in [-0.1, -0.05) is 39.8 Å². The van der Waals surface area contributed by atoms with Crippen molar-refractivity contribution in [3.05, 3.63) is 28.8 Å². The summed E-state index contributed by atoms with van der Waals surface area (Å²) in [5.74, 6) is 2.15. The van der Waals surface area contributed by atoms with E-state index in [1.54, 1.807) is 0 Å². The second kappa shape index (κ2) is 7.98. The van der Waals surface area contributed by atoms with Crippen LogP contribution in [0, 0.1) is 0 Å². The normalized spacial score (nSPS) is 16.5. The fourth-order valence-corrected chi connectivity index (χ4v) is 3.36. The molecule has 1 N–H and O–H groups in total. The minimum Gasteiger partial charge on any atom is -0.496 e. The molecule has 1 aliphatic rings. The van der Waals surface area contributed by atoms with Crippen molar-refractivity contribution < 1.29 is 4.74 Å². The molecule has 1 heterocycles. The van der Waals surface area contributed by atoms with Gasteiger partial charge in [0, 0.05) is 32.7 Å². The number of benzene rings is 1. The summed E-state index contributed by atoms with van der Waals surface area (Å²) < 4.78 is 5.84. The van der Waals surface area contributed by atoms with Gasteiger partial charge in [0.2, 0.25) is 0 Å². The Labute approximate surface area is 136 Å². The number of nitrogens with one attached hydrogen (secondary N) is 1. The zero-order valence-corrected chi connectivity index (χ0v) is 14.9. The van der Waals surface area contributed by atoms with E-state index in [-0.39, 0.29) is 0 Å². The van der Waals surface area contributed by atoms with Crippen LogP contribution in [0.4, 0.5) is 0 Å². The Kier molecular flexibility index (Phi) is 6.27. The van der Waals surface area contributed by atoms with Crippen LogP contribution < -0.4 is 10.1 Å². The molecule has 1 aromatic carbocycles. The number of hydrogen-bond acceptors (Lipinski definition) is 3. The average Bonchev–Trinajstić information content (AvgIpc) is 2.52. The molecule has 1 aliphatic heterocycles. The molecule has 0 aromatic heterocycles. The second-order valence-corrected chi connectivity index (χ2v) is 6.91. The molecule has 1 aromatic rings. The lowest BCUT2D eigenvalue weighted by atomic mass is 9.89. The number of rotatable bonds is 6. The van der Waals surface area contributed by atoms with Gasteiger partial charge in [-0.3, -0.25) is 0 Å². The van der Waals surface area contributed by atoms with Crippen molar-refractivity contribution in [3.63, 3.8) is 0 Å². The maximum Gasteiger partial charge on any atom is 0.125 e. The van der Waals surface area contributed by atoms with Crippen LogP contribution in [0.15, 0.2) is 12.1 Å². The van der Waals surface area contributed by atoms with Gasteiger partial charge in [-0.2, -0.15) is 0 Å². The maximum absolute atomic E-state index is 5.84. The molecule has 1 saturated heterocycles. The Bertz CT molecular complexity index is 477. The van der Waals surface area contributed by atoms with Crippen molar-refractivity contribution in [1.82, 2.24) is 10.2 Å². The van der Waals surface area contributed by atoms with E-state index < -0.39 is 0 Å². The zero-order chi connectivity index (χ0) is 16.1. The highest BCUT2D eigenvalue weighted by Crippen LogP contribution is 2.35. The lowest BCUT2D eigenvalue weighted by Gasteiger charge is -2.28. The lowest BCUT2D eigenvalue weighted by Crippen LogP contribution is -2.44. The van der Waals surface area contributed by atoms with Gasteiger partial charge < -0.3 is 15.0 Å². The summed E-state index contributed by atoms with van der Waals surface area (Å²) in [6, 6.07) is 4.57. The van der Waals surface area contributed by atoms with Crippen molar-refractivity contribution in [2.45, 2.75) is 46.0 Å². The first-order valence-corrected chi connectivity index (χ1v) is 8.67. The third-order valence-corrected chi connectivity index (χ3v) is 4.66. The molecular formula is C19H32N2O. The largest absolute Gasteiger partial charge is 0.496 e. The van der Waals surface area contributed by atoms with E-state index in [0.717, 1.165) is 44.9 Å². The smallest absolute Gasteiger partial charge is 0.125 e. The summed E-state index contributed by atoms with van der Waals surface area (Å²) in [6.45, 7) is 14.7. The van der Waals surface area contributed by atoms with E-state index in [2.05, 4.69) is 50.0 Å². The average molecular weight is 304 g/mol. The Balaban J connectivity index is 2.26. The van der Waals surface area contributed by atoms with E-state index in [9.17, 15) is 0 Å². The molecule has 22 heavy (non-hydrogen) atoms. The molecule has 0 atom stereocenters. The first-order valence-electron chi connectivity index (χ1n) is 8.67. The highest BCUT2D eigenvalue weighted by molar-refractivity contribution is 5.49. The molecule has 0 aliphatic carbocycles. The summed E-state index contributed by atoms with van der Waals surface area (Å²) in [5.41, 5.74) is 4.20. The van der Waals surface area contributed by atoms with Crippen LogP contribution in [0.5, 0.6) is 5.75 Å². The van der Waals surface area contributed by atoms with E-state index in [4.69, 9.17) is 4.74 Å². The zero-order valence-electron chi connectivity index (χ0n) is 14.9. The van der Waals surface area contributed by atoms with Crippen LogP contribution in [0.1, 0.15) is 56.2 Å². The third-order valence-electron chi connectivity index (χ3n) is 4.66. The molecule has 0 unspecified atom stereocenters. The molecule has 3 nitrogen and oxygen atoms in total. The Hall–Kier alpha value is -1.06. The number of hydrogen-bond donors (Lipinski definition) is 1. The van der Waals surface area contributed by atoms with Crippen LogP contribution in [0.2, 0.25) is 0 Å². The van der Waals surface area contributed by atoms with Crippen LogP contribution in [-0.2, 0) is 6.42 Å². The summed E-state index contributed by atoms with van der Waals surface area (Å²) in [4.78, 5) is 2.56. The van der Waals surface area contributed by atoms with Gasteiger partial charge in [-0.25, -0.2) is 0 Å². The molecule has 0 saturated carbocycles. The minimum atomic E-state index is 0.495. The van der Waals surface area contributed by atoms with Gasteiger partial charge in [0.1, 0.15) is 5.75 Å². The van der Waals surface area contributed by atoms with Crippen LogP contribution in [-0.4, -0.2) is 44.7 Å². The summed E-state index contributed by atoms with van der Waals surface area (Å²) in [6.07, 6.45) is 1.08. The van der Waals surface area contributed by atoms with Crippen molar-refractivity contribution in [2.24, 2.45) is 0 Å². The Morgan fingerprint density at radius 2 is 1.64 bits per heavy atom. The summed E-state index contributed by atoms with van der Waals surface area (Å²) >= 11 is 0. The summed E-state index contributed by atoms with van der Waals surface area (Å²) in [5, 5.41) is 3.42. The molecule has 124 valence electrons. The highest BCUT2D eigenvalue weighted by Gasteiger charge is 2.19. The standard InChI is InChI=1S/C19H32N2O/c1-14(2)16-6-7-17(15(3)4)19(22-5)18(16)8-11-21-12-9-20-10-13-21/h6-7,14-15,20H,8-13H2,1-5H3. The van der Waals surface area contributed by atoms with Gasteiger partial charge in [0.15, 0.2) is 0 Å². The number of ether oxygens (including phenoxy) is 1. The van der Waals surface area contributed by atoms with Crippen LogP contribution in [0.25, 0.3) is 0 Å². The Morgan fingerprint density at radius 3 is 2.18 bits per heavy atom. The van der Waals surface area contributed by atoms with Gasteiger partial charge in [-0.05, 0) is 34.9 Å². The lowest BCUT2D eigenvalue weighted by molar-refractivity contribution is 0.242. The molecule has 0 bridgehead atoms. The fraction of sp³-hybridized carbons (Fsp3) is 0.684. The van der Waals surface area contributed by atoms with E-state index in [0.29, 0.717) is 11.8 Å². The SMILES string of the molecule is COc1c(C(C)C)ccc(C(C)C)c1CCN1CCNCC1. The first kappa shape index (κ1) is 17.3. The van der Waals surface area contributed by atoms with E-state index >= 15 is 0 Å². The molecule has 2 rings (SSSR count). The predicted octanol–water partition coefficient (Wildman–Crippen LogP) is 3.39. The molecule has 0 amide bonds. The number of methoxy groups -OCH3 is 1. The highest BCUT2D eigenvalue weighted by atomic mass is 16.5. The fourth-order valence-electron chi connectivity index (χ4n) is 3.36. The molecule has 0 radical (unpaired) electrons. The predicted molar refractivity (Wildman–Crippen MR) is 94.2 cm³/mol. The minimum absolute atomic E-state index is 0.495. The molecule has 1 fully saturated rings. The number of nitrogens with zero attached hydrogens (tertiary/aromatic N) is 1. The van der Waals surface area contributed by atoms with Gasteiger partial charge in [-0.15, -0.1) is 0 Å².